The molecule has 0 radical (unpaired) electrons. The van der Waals surface area contributed by atoms with Crippen molar-refractivity contribution in [2.24, 2.45) is 0 Å². The first kappa shape index (κ1) is 19.8. The van der Waals surface area contributed by atoms with Gasteiger partial charge in [-0.25, -0.2) is 0 Å². The second-order valence-electron chi connectivity index (χ2n) is 7.04. The van der Waals surface area contributed by atoms with Gasteiger partial charge in [0.15, 0.2) is 0 Å². The fourth-order valence-corrected chi connectivity index (χ4v) is 3.81. The number of hydrogen-bond donors (Lipinski definition) is 1. The summed E-state index contributed by atoms with van der Waals surface area (Å²) in [4.78, 5) is 16.1. The molecule has 7 nitrogen and oxygen atoms in total. The zero-order valence-corrected chi connectivity index (χ0v) is 17.1. The van der Waals surface area contributed by atoms with Crippen molar-refractivity contribution in [2.45, 2.75) is 31.5 Å². The normalized spacial score (nSPS) is 14.8. The summed E-state index contributed by atoms with van der Waals surface area (Å²) in [7, 11) is 1.65. The number of thiophene rings is 1. The van der Waals surface area contributed by atoms with Gasteiger partial charge in [0.05, 0.1) is 18.0 Å². The Labute approximate surface area is 173 Å². The zero-order valence-electron chi connectivity index (χ0n) is 16.3. The molecule has 4 rings (SSSR count). The largest absolute Gasteiger partial charge is 0.419 e. The maximum absolute atomic E-state index is 13.1. The van der Waals surface area contributed by atoms with Crippen molar-refractivity contribution in [3.8, 4) is 10.8 Å². The molecule has 1 fully saturated rings. The molecule has 29 heavy (non-hydrogen) atoms. The Hall–Kier alpha value is -2.55. The number of amides is 1. The van der Waals surface area contributed by atoms with E-state index in [2.05, 4.69) is 15.5 Å². The third kappa shape index (κ3) is 5.09. The molecule has 0 unspecified atom stereocenters. The molecule has 152 valence electrons. The zero-order chi connectivity index (χ0) is 20.1. The van der Waals surface area contributed by atoms with Crippen molar-refractivity contribution in [1.82, 2.24) is 20.4 Å². The number of ether oxygens (including phenoxy) is 1. The lowest BCUT2D eigenvalue weighted by Crippen LogP contribution is -2.42. The van der Waals surface area contributed by atoms with E-state index in [0.717, 1.165) is 23.3 Å². The van der Waals surface area contributed by atoms with Gasteiger partial charge in [-0.3, -0.25) is 9.69 Å². The van der Waals surface area contributed by atoms with Gasteiger partial charge in [-0.05, 0) is 29.9 Å². The highest BCUT2D eigenvalue weighted by Crippen LogP contribution is 2.28. The summed E-state index contributed by atoms with van der Waals surface area (Å²) in [5, 5.41) is 13.5. The van der Waals surface area contributed by atoms with Gasteiger partial charge in [0.2, 0.25) is 11.8 Å². The van der Waals surface area contributed by atoms with Crippen molar-refractivity contribution < 1.29 is 13.9 Å². The van der Waals surface area contributed by atoms with E-state index in [0.29, 0.717) is 31.5 Å². The maximum Gasteiger partial charge on any atom is 0.257 e. The molecular weight excluding hydrogens is 388 g/mol. The number of nitrogens with zero attached hydrogens (tertiary/aromatic N) is 3. The number of hydrogen-bond acceptors (Lipinski definition) is 7. The van der Waals surface area contributed by atoms with Crippen LogP contribution in [0.25, 0.3) is 10.8 Å². The van der Waals surface area contributed by atoms with Gasteiger partial charge in [0.1, 0.15) is 6.04 Å². The predicted octanol–water partition coefficient (Wildman–Crippen LogP) is 3.27. The van der Waals surface area contributed by atoms with Gasteiger partial charge in [-0.15, -0.1) is 21.5 Å². The molecule has 0 saturated heterocycles. The van der Waals surface area contributed by atoms with Crippen molar-refractivity contribution in [2.75, 3.05) is 20.3 Å². The lowest BCUT2D eigenvalue weighted by atomic mass is 10.0. The van der Waals surface area contributed by atoms with Gasteiger partial charge in [0.25, 0.3) is 5.89 Å². The van der Waals surface area contributed by atoms with Crippen LogP contribution in [0.15, 0.2) is 52.3 Å². The van der Waals surface area contributed by atoms with Crippen molar-refractivity contribution in [3.63, 3.8) is 0 Å². The highest BCUT2D eigenvalue weighted by atomic mass is 32.1. The summed E-state index contributed by atoms with van der Waals surface area (Å²) in [6.45, 7) is 1.41. The van der Waals surface area contributed by atoms with Crippen molar-refractivity contribution >= 4 is 17.2 Å². The minimum Gasteiger partial charge on any atom is -0.419 e. The molecule has 0 aliphatic heterocycles. The third-order valence-electron chi connectivity index (χ3n) is 4.77. The molecule has 2 heterocycles. The molecule has 8 heteroatoms. The number of benzene rings is 1. The van der Waals surface area contributed by atoms with Crippen LogP contribution in [-0.4, -0.2) is 47.3 Å². The number of carbonyl (C=O) groups is 1. The molecular formula is C21H24N4O3S. The molecule has 1 N–H and O–H groups in total. The first-order chi connectivity index (χ1) is 14.2. The van der Waals surface area contributed by atoms with Gasteiger partial charge >= 0.3 is 0 Å². The summed E-state index contributed by atoms with van der Waals surface area (Å²) in [6, 6.07) is 13.5. The quantitative estimate of drug-likeness (QED) is 0.551. The number of rotatable bonds is 10. The van der Waals surface area contributed by atoms with Gasteiger partial charge in [0, 0.05) is 19.7 Å². The fraction of sp³-hybridized carbons (Fsp3) is 0.381. The third-order valence-corrected chi connectivity index (χ3v) is 5.63. The van der Waals surface area contributed by atoms with E-state index in [1.54, 1.807) is 18.4 Å². The van der Waals surface area contributed by atoms with Crippen LogP contribution < -0.4 is 5.32 Å². The van der Waals surface area contributed by atoms with Crippen LogP contribution in [0.5, 0.6) is 0 Å². The van der Waals surface area contributed by atoms with E-state index >= 15 is 0 Å². The first-order valence-electron chi connectivity index (χ1n) is 9.69. The van der Waals surface area contributed by atoms with E-state index in [1.807, 2.05) is 52.7 Å². The second-order valence-corrected chi connectivity index (χ2v) is 7.99. The van der Waals surface area contributed by atoms with E-state index in [4.69, 9.17) is 9.15 Å². The van der Waals surface area contributed by atoms with Crippen LogP contribution in [0.2, 0.25) is 0 Å². The topological polar surface area (TPSA) is 80.5 Å². The van der Waals surface area contributed by atoms with Crippen molar-refractivity contribution in [1.29, 1.82) is 0 Å². The lowest BCUT2D eigenvalue weighted by molar-refractivity contribution is -0.127. The summed E-state index contributed by atoms with van der Waals surface area (Å²) in [5.74, 6) is 0.970. The average molecular weight is 413 g/mol. The highest BCUT2D eigenvalue weighted by molar-refractivity contribution is 7.13. The Bertz CT molecular complexity index is 909. The van der Waals surface area contributed by atoms with Crippen LogP contribution in [0.1, 0.15) is 30.3 Å². The van der Waals surface area contributed by atoms with Gasteiger partial charge in [-0.2, -0.15) is 0 Å². The Morgan fingerprint density at radius 3 is 2.79 bits per heavy atom. The standard InChI is InChI=1S/C21H24N4O3S/c1-27-12-11-25(14-18-23-24-21(28-18)17-8-5-13-29-17)19(15-6-3-2-4-7-15)20(26)22-16-9-10-16/h2-8,13,16,19H,9-12,14H2,1H3,(H,22,26)/t19-/m0/s1. The lowest BCUT2D eigenvalue weighted by Gasteiger charge is -2.30. The number of carbonyl (C=O) groups excluding carboxylic acids is 1. The van der Waals surface area contributed by atoms with Crippen LogP contribution in [0, 0.1) is 0 Å². The Morgan fingerprint density at radius 1 is 1.28 bits per heavy atom. The molecule has 1 saturated carbocycles. The molecule has 1 atom stereocenters. The smallest absolute Gasteiger partial charge is 0.257 e. The minimum atomic E-state index is -0.455. The molecule has 1 aliphatic carbocycles. The Balaban J connectivity index is 1.58. The first-order valence-corrected chi connectivity index (χ1v) is 10.6. The maximum atomic E-state index is 13.1. The molecule has 3 aromatic rings. The fourth-order valence-electron chi connectivity index (χ4n) is 3.17. The molecule has 0 spiro atoms. The second kappa shape index (κ2) is 9.30. The average Bonchev–Trinajstić information content (AvgIpc) is 3.20. The number of methoxy groups -OCH3 is 1. The van der Waals surface area contributed by atoms with E-state index < -0.39 is 6.04 Å². The van der Waals surface area contributed by atoms with Gasteiger partial charge in [-0.1, -0.05) is 36.4 Å². The SMILES string of the molecule is COCCN(Cc1nnc(-c2cccs2)o1)[C@H](C(=O)NC1CC1)c1ccccc1. The summed E-state index contributed by atoms with van der Waals surface area (Å²) < 4.78 is 11.2. The van der Waals surface area contributed by atoms with Crippen LogP contribution in [0.3, 0.4) is 0 Å². The van der Waals surface area contributed by atoms with Crippen LogP contribution in [0.4, 0.5) is 0 Å². The molecule has 1 aliphatic rings. The number of aromatic nitrogens is 2. The summed E-state index contributed by atoms with van der Waals surface area (Å²) in [6.07, 6.45) is 2.08. The molecule has 1 amide bonds. The summed E-state index contributed by atoms with van der Waals surface area (Å²) >= 11 is 1.55. The van der Waals surface area contributed by atoms with Gasteiger partial charge < -0.3 is 14.5 Å². The molecule has 2 aromatic heterocycles. The molecule has 0 bridgehead atoms. The van der Waals surface area contributed by atoms with E-state index in [-0.39, 0.29) is 11.9 Å². The number of nitrogens with one attached hydrogen (secondary N) is 1. The van der Waals surface area contributed by atoms with Crippen molar-refractivity contribution in [3.05, 3.63) is 59.3 Å². The summed E-state index contributed by atoms with van der Waals surface area (Å²) in [5.41, 5.74) is 0.930. The minimum absolute atomic E-state index is 0.00667. The highest BCUT2D eigenvalue weighted by Gasteiger charge is 2.33. The monoisotopic (exact) mass is 412 g/mol. The molecule has 1 aromatic carbocycles. The Morgan fingerprint density at radius 2 is 2.10 bits per heavy atom. The predicted molar refractivity (Wildman–Crippen MR) is 110 cm³/mol. The van der Waals surface area contributed by atoms with E-state index in [9.17, 15) is 4.79 Å². The van der Waals surface area contributed by atoms with E-state index in [1.165, 1.54) is 0 Å². The van der Waals surface area contributed by atoms with Crippen LogP contribution >= 0.6 is 11.3 Å². The Kier molecular flexibility index (Phi) is 6.33. The van der Waals surface area contributed by atoms with Crippen LogP contribution in [-0.2, 0) is 16.1 Å².